The smallest absolute Gasteiger partial charge is 0.303 e. The van der Waals surface area contributed by atoms with E-state index in [1.807, 2.05) is 0 Å². The average molecular weight is 157 g/mol. The summed E-state index contributed by atoms with van der Waals surface area (Å²) in [7, 11) is 0. The van der Waals surface area contributed by atoms with E-state index in [0.717, 1.165) is 0 Å². The van der Waals surface area contributed by atoms with Crippen molar-refractivity contribution in [2.45, 2.75) is 13.3 Å². The highest BCUT2D eigenvalue weighted by molar-refractivity contribution is 5.92. The van der Waals surface area contributed by atoms with E-state index in [9.17, 15) is 9.59 Å². The minimum atomic E-state index is -0.958. The molecule has 0 bridgehead atoms. The van der Waals surface area contributed by atoms with Crippen LogP contribution in [0, 0.1) is 5.92 Å². The molecule has 0 rings (SSSR count). The normalized spacial score (nSPS) is 12.1. The molecular weight excluding hydrogens is 146 g/mol. The fourth-order valence-electron chi connectivity index (χ4n) is 0.628. The summed E-state index contributed by atoms with van der Waals surface area (Å²) in [6, 6.07) is 0. The lowest BCUT2D eigenvalue weighted by atomic mass is 9.99. The van der Waals surface area contributed by atoms with Gasteiger partial charge in [0.05, 0.1) is 6.42 Å². The van der Waals surface area contributed by atoms with Gasteiger partial charge < -0.3 is 10.8 Å². The molecule has 0 aliphatic rings. The van der Waals surface area contributed by atoms with Gasteiger partial charge in [-0.1, -0.05) is 13.5 Å². The maximum Gasteiger partial charge on any atom is 0.303 e. The molecule has 0 saturated carbocycles. The highest BCUT2D eigenvalue weighted by Crippen LogP contribution is 2.11. The highest BCUT2D eigenvalue weighted by atomic mass is 16.4. The van der Waals surface area contributed by atoms with Gasteiger partial charge in [-0.15, -0.1) is 0 Å². The van der Waals surface area contributed by atoms with Crippen LogP contribution in [-0.2, 0) is 9.59 Å². The van der Waals surface area contributed by atoms with Crippen LogP contribution in [0.1, 0.15) is 13.3 Å². The zero-order valence-corrected chi connectivity index (χ0v) is 6.33. The van der Waals surface area contributed by atoms with E-state index >= 15 is 0 Å². The number of carboxylic acid groups (broad SMARTS) is 1. The van der Waals surface area contributed by atoms with Gasteiger partial charge in [-0.3, -0.25) is 9.59 Å². The summed E-state index contributed by atoms with van der Waals surface area (Å²) < 4.78 is 0. The van der Waals surface area contributed by atoms with Crippen LogP contribution in [-0.4, -0.2) is 17.0 Å². The minimum Gasteiger partial charge on any atom is -0.481 e. The SMILES string of the molecule is C=C(C(N)=O)C(C)CC(=O)O. The van der Waals surface area contributed by atoms with E-state index < -0.39 is 11.9 Å². The number of hydrogen-bond acceptors (Lipinski definition) is 2. The maximum atomic E-state index is 10.5. The second-order valence-electron chi connectivity index (χ2n) is 2.39. The molecule has 0 aromatic rings. The lowest BCUT2D eigenvalue weighted by Gasteiger charge is -2.07. The van der Waals surface area contributed by atoms with Crippen molar-refractivity contribution in [1.29, 1.82) is 0 Å². The lowest BCUT2D eigenvalue weighted by molar-refractivity contribution is -0.137. The first kappa shape index (κ1) is 9.68. The number of primary amides is 1. The van der Waals surface area contributed by atoms with Crippen molar-refractivity contribution in [3.8, 4) is 0 Å². The molecule has 0 heterocycles. The molecule has 11 heavy (non-hydrogen) atoms. The number of amides is 1. The van der Waals surface area contributed by atoms with Crippen LogP contribution in [0.2, 0.25) is 0 Å². The molecule has 4 heteroatoms. The highest BCUT2D eigenvalue weighted by Gasteiger charge is 2.14. The van der Waals surface area contributed by atoms with Crippen molar-refractivity contribution in [3.05, 3.63) is 12.2 Å². The van der Waals surface area contributed by atoms with Crippen molar-refractivity contribution < 1.29 is 14.7 Å². The van der Waals surface area contributed by atoms with Gasteiger partial charge in [0.2, 0.25) is 5.91 Å². The van der Waals surface area contributed by atoms with Gasteiger partial charge in [0, 0.05) is 5.57 Å². The van der Waals surface area contributed by atoms with Crippen LogP contribution in [0.25, 0.3) is 0 Å². The molecule has 1 unspecified atom stereocenters. The second kappa shape index (κ2) is 3.75. The molecule has 1 atom stereocenters. The van der Waals surface area contributed by atoms with Gasteiger partial charge in [-0.2, -0.15) is 0 Å². The molecule has 4 nitrogen and oxygen atoms in total. The summed E-state index contributed by atoms with van der Waals surface area (Å²) in [5.41, 5.74) is 5.04. The fraction of sp³-hybridized carbons (Fsp3) is 0.429. The molecule has 0 spiro atoms. The Labute approximate surface area is 64.7 Å². The van der Waals surface area contributed by atoms with E-state index in [2.05, 4.69) is 6.58 Å². The first-order valence-electron chi connectivity index (χ1n) is 3.15. The number of rotatable bonds is 4. The quantitative estimate of drug-likeness (QED) is 0.569. The van der Waals surface area contributed by atoms with Crippen molar-refractivity contribution in [3.63, 3.8) is 0 Å². The Kier molecular flexibility index (Phi) is 3.30. The number of carbonyl (C=O) groups is 2. The predicted octanol–water partition coefficient (Wildman–Crippen LogP) is 0.139. The standard InChI is InChI=1S/C7H11NO3/c1-4(3-6(9)10)5(2)7(8)11/h4H,2-3H2,1H3,(H2,8,11)(H,9,10). The molecule has 0 aliphatic heterocycles. The average Bonchev–Trinajstić information content (AvgIpc) is 1.84. The Bertz CT molecular complexity index is 198. The van der Waals surface area contributed by atoms with Crippen LogP contribution in [0.4, 0.5) is 0 Å². The first-order valence-corrected chi connectivity index (χ1v) is 3.15. The summed E-state index contributed by atoms with van der Waals surface area (Å²) in [6.07, 6.45) is -0.109. The van der Waals surface area contributed by atoms with E-state index in [4.69, 9.17) is 10.8 Å². The Morgan fingerprint density at radius 1 is 1.64 bits per heavy atom. The monoisotopic (exact) mass is 157 g/mol. The second-order valence-corrected chi connectivity index (χ2v) is 2.39. The van der Waals surface area contributed by atoms with Crippen molar-refractivity contribution in [2.75, 3.05) is 0 Å². The molecule has 0 radical (unpaired) electrons. The molecule has 0 aromatic carbocycles. The molecule has 62 valence electrons. The van der Waals surface area contributed by atoms with Crippen molar-refractivity contribution in [1.82, 2.24) is 0 Å². The Morgan fingerprint density at radius 3 is 2.36 bits per heavy atom. The van der Waals surface area contributed by atoms with Crippen LogP contribution in [0.15, 0.2) is 12.2 Å². The summed E-state index contributed by atoms with van der Waals surface area (Å²) in [6.45, 7) is 4.97. The molecule has 0 saturated heterocycles. The van der Waals surface area contributed by atoms with Crippen LogP contribution in [0.3, 0.4) is 0 Å². The third-order valence-corrected chi connectivity index (χ3v) is 1.39. The molecule has 1 amide bonds. The molecule has 0 aliphatic carbocycles. The number of nitrogens with two attached hydrogens (primary N) is 1. The number of carbonyl (C=O) groups excluding carboxylic acids is 1. The Balaban J connectivity index is 4.03. The molecule has 0 fully saturated rings. The van der Waals surface area contributed by atoms with Crippen LogP contribution in [0.5, 0.6) is 0 Å². The van der Waals surface area contributed by atoms with Crippen molar-refractivity contribution >= 4 is 11.9 Å². The van der Waals surface area contributed by atoms with E-state index in [0.29, 0.717) is 0 Å². The fourth-order valence-corrected chi connectivity index (χ4v) is 0.628. The maximum absolute atomic E-state index is 10.5. The van der Waals surface area contributed by atoms with Gasteiger partial charge in [-0.25, -0.2) is 0 Å². The van der Waals surface area contributed by atoms with Crippen LogP contribution >= 0.6 is 0 Å². The first-order chi connectivity index (χ1) is 4.95. The zero-order chi connectivity index (χ0) is 9.02. The van der Waals surface area contributed by atoms with Gasteiger partial charge in [0.15, 0.2) is 0 Å². The molecule has 0 aromatic heterocycles. The van der Waals surface area contributed by atoms with E-state index in [-0.39, 0.29) is 17.9 Å². The van der Waals surface area contributed by atoms with Gasteiger partial charge >= 0.3 is 5.97 Å². The minimum absolute atomic E-state index is 0.109. The van der Waals surface area contributed by atoms with Gasteiger partial charge in [-0.05, 0) is 5.92 Å². The Morgan fingerprint density at radius 2 is 2.09 bits per heavy atom. The lowest BCUT2D eigenvalue weighted by Crippen LogP contribution is -2.19. The largest absolute Gasteiger partial charge is 0.481 e. The van der Waals surface area contributed by atoms with E-state index in [1.54, 1.807) is 6.92 Å². The van der Waals surface area contributed by atoms with E-state index in [1.165, 1.54) is 0 Å². The summed E-state index contributed by atoms with van der Waals surface area (Å²) in [5, 5.41) is 8.32. The number of hydrogen-bond donors (Lipinski definition) is 2. The predicted molar refractivity (Wildman–Crippen MR) is 39.8 cm³/mol. The summed E-state index contributed by atoms with van der Waals surface area (Å²) >= 11 is 0. The summed E-state index contributed by atoms with van der Waals surface area (Å²) in [5.74, 6) is -1.98. The van der Waals surface area contributed by atoms with Gasteiger partial charge in [0.25, 0.3) is 0 Å². The third-order valence-electron chi connectivity index (χ3n) is 1.39. The molecular formula is C7H11NO3. The van der Waals surface area contributed by atoms with Gasteiger partial charge in [0.1, 0.15) is 0 Å². The zero-order valence-electron chi connectivity index (χ0n) is 6.33. The van der Waals surface area contributed by atoms with Crippen LogP contribution < -0.4 is 5.73 Å². The Hall–Kier alpha value is -1.32. The number of aliphatic carboxylic acids is 1. The number of carboxylic acids is 1. The van der Waals surface area contributed by atoms with Crippen molar-refractivity contribution in [2.24, 2.45) is 11.7 Å². The topological polar surface area (TPSA) is 80.4 Å². The molecule has 3 N–H and O–H groups in total. The third kappa shape index (κ3) is 3.40. The summed E-state index contributed by atoms with van der Waals surface area (Å²) in [4.78, 5) is 20.6.